The van der Waals surface area contributed by atoms with Crippen LogP contribution in [-0.2, 0) is 14.3 Å². The average molecular weight is 238 g/mol. The van der Waals surface area contributed by atoms with E-state index >= 15 is 0 Å². The fraction of sp³-hybridized carbons (Fsp3) is 0.714. The molecule has 0 saturated carbocycles. The van der Waals surface area contributed by atoms with Crippen LogP contribution in [0.4, 0.5) is 0 Å². The first-order chi connectivity index (χ1) is 8.24. The highest BCUT2D eigenvalue weighted by Crippen LogP contribution is 2.19. The maximum atomic E-state index is 11.1. The quantitative estimate of drug-likeness (QED) is 0.282. The zero-order valence-electron chi connectivity index (χ0n) is 10.6. The summed E-state index contributed by atoms with van der Waals surface area (Å²) in [4.78, 5) is 22.0. The number of ether oxygens (including phenoxy) is 1. The third-order valence-corrected chi connectivity index (χ3v) is 3.02. The molecule has 1 atom stereocenters. The summed E-state index contributed by atoms with van der Waals surface area (Å²) in [6, 6.07) is 0. The van der Waals surface area contributed by atoms with Crippen LogP contribution in [-0.4, -0.2) is 11.9 Å². The van der Waals surface area contributed by atoms with Gasteiger partial charge in [0.2, 0.25) is 0 Å². The molecule has 1 heterocycles. The van der Waals surface area contributed by atoms with Gasteiger partial charge >= 0.3 is 11.9 Å². The average Bonchev–Trinajstić information content (AvgIpc) is 2.61. The Morgan fingerprint density at radius 3 is 2.59 bits per heavy atom. The number of unbranched alkanes of at least 4 members (excludes halogenated alkanes) is 5. The molecule has 0 N–H and O–H groups in total. The molecule has 0 aromatic heterocycles. The molecule has 96 valence electrons. The van der Waals surface area contributed by atoms with Gasteiger partial charge in [-0.2, -0.15) is 0 Å². The summed E-state index contributed by atoms with van der Waals surface area (Å²) < 4.78 is 4.48. The lowest BCUT2D eigenvalue weighted by Gasteiger charge is -1.98. The summed E-state index contributed by atoms with van der Waals surface area (Å²) in [5.74, 6) is -0.977. The fourth-order valence-corrected chi connectivity index (χ4v) is 1.95. The standard InChI is InChI=1S/C14H22O3/c1-2-3-4-5-6-7-8-9-10-12-11-13(15)17-14(12)16/h8-9,12H,2-7,10-11H2,1H3/b9-8-/t12-/m1/s1. The Bertz CT molecular complexity index is 281. The van der Waals surface area contributed by atoms with Gasteiger partial charge in [0.25, 0.3) is 0 Å². The molecule has 0 aliphatic carbocycles. The van der Waals surface area contributed by atoms with Crippen LogP contribution < -0.4 is 0 Å². The van der Waals surface area contributed by atoms with Crippen molar-refractivity contribution in [1.82, 2.24) is 0 Å². The third kappa shape index (κ3) is 5.66. The largest absolute Gasteiger partial charge is 0.393 e. The van der Waals surface area contributed by atoms with Crippen molar-refractivity contribution in [3.8, 4) is 0 Å². The van der Waals surface area contributed by atoms with Crippen LogP contribution in [0.15, 0.2) is 12.2 Å². The van der Waals surface area contributed by atoms with E-state index in [9.17, 15) is 9.59 Å². The molecule has 0 radical (unpaired) electrons. The molecule has 0 spiro atoms. The number of allylic oxidation sites excluding steroid dienone is 2. The van der Waals surface area contributed by atoms with E-state index in [1.165, 1.54) is 32.1 Å². The molecule has 0 unspecified atom stereocenters. The number of hydrogen-bond donors (Lipinski definition) is 0. The van der Waals surface area contributed by atoms with E-state index < -0.39 is 0 Å². The van der Waals surface area contributed by atoms with Crippen molar-refractivity contribution in [3.63, 3.8) is 0 Å². The van der Waals surface area contributed by atoms with Gasteiger partial charge in [0.05, 0.1) is 12.3 Å². The van der Waals surface area contributed by atoms with Gasteiger partial charge in [0, 0.05) is 0 Å². The summed E-state index contributed by atoms with van der Waals surface area (Å²) in [6.45, 7) is 2.21. The van der Waals surface area contributed by atoms with Crippen molar-refractivity contribution in [2.24, 2.45) is 5.92 Å². The van der Waals surface area contributed by atoms with Gasteiger partial charge in [0.1, 0.15) is 0 Å². The highest BCUT2D eigenvalue weighted by Gasteiger charge is 2.31. The van der Waals surface area contributed by atoms with E-state index in [-0.39, 0.29) is 24.3 Å². The zero-order chi connectivity index (χ0) is 12.5. The molecule has 1 fully saturated rings. The molecular weight excluding hydrogens is 216 g/mol. The van der Waals surface area contributed by atoms with Gasteiger partial charge in [-0.05, 0) is 19.3 Å². The fourth-order valence-electron chi connectivity index (χ4n) is 1.95. The van der Waals surface area contributed by atoms with Gasteiger partial charge in [-0.1, -0.05) is 44.8 Å². The monoisotopic (exact) mass is 238 g/mol. The molecule has 1 aliphatic rings. The molecule has 17 heavy (non-hydrogen) atoms. The lowest BCUT2D eigenvalue weighted by Crippen LogP contribution is -2.05. The van der Waals surface area contributed by atoms with Crippen LogP contribution in [0.25, 0.3) is 0 Å². The molecule has 1 rings (SSSR count). The highest BCUT2D eigenvalue weighted by atomic mass is 16.6. The molecule has 3 nitrogen and oxygen atoms in total. The number of hydrogen-bond acceptors (Lipinski definition) is 3. The van der Waals surface area contributed by atoms with Crippen molar-refractivity contribution < 1.29 is 14.3 Å². The molecule has 0 aromatic rings. The SMILES string of the molecule is CCCCCCC/C=C\C[C@@H]1CC(=O)OC1=O. The summed E-state index contributed by atoms with van der Waals surface area (Å²) >= 11 is 0. The second-order valence-electron chi connectivity index (χ2n) is 4.60. The number of cyclic esters (lactones) is 2. The maximum absolute atomic E-state index is 11.1. The molecule has 1 saturated heterocycles. The molecule has 0 aromatic carbocycles. The van der Waals surface area contributed by atoms with E-state index in [1.807, 2.05) is 6.08 Å². The van der Waals surface area contributed by atoms with Crippen LogP contribution in [0.5, 0.6) is 0 Å². The van der Waals surface area contributed by atoms with Crippen LogP contribution in [0.3, 0.4) is 0 Å². The van der Waals surface area contributed by atoms with E-state index in [0.29, 0.717) is 6.42 Å². The van der Waals surface area contributed by atoms with Crippen molar-refractivity contribution in [1.29, 1.82) is 0 Å². The minimum atomic E-state index is -0.382. The Balaban J connectivity index is 2.02. The lowest BCUT2D eigenvalue weighted by molar-refractivity contribution is -0.153. The van der Waals surface area contributed by atoms with Gasteiger partial charge in [0.15, 0.2) is 0 Å². The van der Waals surface area contributed by atoms with Gasteiger partial charge in [-0.3, -0.25) is 9.59 Å². The Morgan fingerprint density at radius 1 is 1.18 bits per heavy atom. The summed E-state index contributed by atoms with van der Waals surface area (Å²) in [7, 11) is 0. The second-order valence-corrected chi connectivity index (χ2v) is 4.60. The first-order valence-electron chi connectivity index (χ1n) is 6.63. The number of rotatable bonds is 8. The normalized spacial score (nSPS) is 20.2. The van der Waals surface area contributed by atoms with Crippen LogP contribution in [0.2, 0.25) is 0 Å². The molecule has 1 aliphatic heterocycles. The van der Waals surface area contributed by atoms with Gasteiger partial charge in [-0.25, -0.2) is 0 Å². The van der Waals surface area contributed by atoms with Crippen LogP contribution in [0.1, 0.15) is 58.3 Å². The second kappa shape index (κ2) is 8.04. The number of carbonyl (C=O) groups is 2. The molecule has 0 bridgehead atoms. The van der Waals surface area contributed by atoms with Gasteiger partial charge in [-0.15, -0.1) is 0 Å². The minimum Gasteiger partial charge on any atom is -0.393 e. The summed E-state index contributed by atoms with van der Waals surface area (Å²) in [6.07, 6.45) is 12.5. The van der Waals surface area contributed by atoms with E-state index in [2.05, 4.69) is 17.7 Å². The molecular formula is C14H22O3. The summed E-state index contributed by atoms with van der Waals surface area (Å²) in [5, 5.41) is 0. The number of carbonyl (C=O) groups excluding carboxylic acids is 2. The Hall–Kier alpha value is -1.12. The van der Waals surface area contributed by atoms with Crippen LogP contribution >= 0.6 is 0 Å². The van der Waals surface area contributed by atoms with Crippen molar-refractivity contribution in [2.75, 3.05) is 0 Å². The smallest absolute Gasteiger partial charge is 0.317 e. The highest BCUT2D eigenvalue weighted by molar-refractivity contribution is 5.94. The number of esters is 2. The molecule has 3 heteroatoms. The van der Waals surface area contributed by atoms with Crippen LogP contribution in [0, 0.1) is 5.92 Å². The van der Waals surface area contributed by atoms with Crippen molar-refractivity contribution in [2.45, 2.75) is 58.3 Å². The molecule has 0 amide bonds. The van der Waals surface area contributed by atoms with Gasteiger partial charge < -0.3 is 4.74 Å². The zero-order valence-corrected chi connectivity index (χ0v) is 10.6. The predicted molar refractivity (Wildman–Crippen MR) is 66.3 cm³/mol. The first kappa shape index (κ1) is 13.9. The third-order valence-electron chi connectivity index (χ3n) is 3.02. The maximum Gasteiger partial charge on any atom is 0.317 e. The van der Waals surface area contributed by atoms with E-state index in [1.54, 1.807) is 0 Å². The van der Waals surface area contributed by atoms with Crippen molar-refractivity contribution >= 4 is 11.9 Å². The van der Waals surface area contributed by atoms with Crippen molar-refractivity contribution in [3.05, 3.63) is 12.2 Å². The minimum absolute atomic E-state index is 0.237. The first-order valence-corrected chi connectivity index (χ1v) is 6.63. The summed E-state index contributed by atoms with van der Waals surface area (Å²) in [5.41, 5.74) is 0. The van der Waals surface area contributed by atoms with E-state index in [0.717, 1.165) is 6.42 Å². The lowest BCUT2D eigenvalue weighted by atomic mass is 10.0. The Labute approximate surface area is 103 Å². The Morgan fingerprint density at radius 2 is 1.94 bits per heavy atom. The Kier molecular flexibility index (Phi) is 6.60. The van der Waals surface area contributed by atoms with E-state index in [4.69, 9.17) is 0 Å². The predicted octanol–water partition coefficient (Wildman–Crippen LogP) is 3.38. The topological polar surface area (TPSA) is 43.4 Å².